The number of rotatable bonds is 10. The zero-order chi connectivity index (χ0) is 19.0. The molecule has 0 aliphatic heterocycles. The molecule has 1 heterocycles. The molecule has 0 aliphatic carbocycles. The summed E-state index contributed by atoms with van der Waals surface area (Å²) in [5.74, 6) is 1.53. The fraction of sp³-hybridized carbons (Fsp3) is 0.444. The number of aromatic nitrogens is 2. The van der Waals surface area contributed by atoms with E-state index in [0.29, 0.717) is 6.54 Å². The normalized spacial score (nSPS) is 11.3. The van der Waals surface area contributed by atoms with Crippen molar-refractivity contribution < 1.29 is 8.42 Å². The Hall–Kier alpha value is -2.19. The van der Waals surface area contributed by atoms with Crippen LogP contribution >= 0.6 is 0 Å². The highest BCUT2D eigenvalue weighted by atomic mass is 32.2. The van der Waals surface area contributed by atoms with Crippen molar-refractivity contribution in [2.24, 2.45) is 5.14 Å². The van der Waals surface area contributed by atoms with E-state index in [2.05, 4.69) is 34.0 Å². The number of hydrogen-bond acceptors (Lipinski definition) is 6. The van der Waals surface area contributed by atoms with Crippen LogP contribution in [0.2, 0.25) is 0 Å². The molecule has 0 bridgehead atoms. The van der Waals surface area contributed by atoms with Gasteiger partial charge in [-0.3, -0.25) is 0 Å². The first-order chi connectivity index (χ1) is 12.4. The van der Waals surface area contributed by atoms with Crippen LogP contribution in [0.5, 0.6) is 0 Å². The topological polar surface area (TPSA) is 101 Å². The van der Waals surface area contributed by atoms with Crippen molar-refractivity contribution in [3.8, 4) is 0 Å². The third-order valence-electron chi connectivity index (χ3n) is 3.88. The average molecular weight is 378 g/mol. The molecule has 0 spiro atoms. The molecule has 0 aliphatic rings. The number of nitrogens with two attached hydrogens (primary N) is 1. The molecule has 0 atom stereocenters. The van der Waals surface area contributed by atoms with E-state index in [1.165, 1.54) is 12.1 Å². The highest BCUT2D eigenvalue weighted by Crippen LogP contribution is 2.13. The summed E-state index contributed by atoms with van der Waals surface area (Å²) in [6.45, 7) is 6.85. The Balaban J connectivity index is 1.94. The zero-order valence-corrected chi connectivity index (χ0v) is 16.2. The summed E-state index contributed by atoms with van der Waals surface area (Å²) in [6.07, 6.45) is 4.62. The molecule has 0 unspecified atom stereocenters. The Labute approximate surface area is 155 Å². The van der Waals surface area contributed by atoms with Gasteiger partial charge in [0.2, 0.25) is 16.0 Å². The van der Waals surface area contributed by atoms with Gasteiger partial charge in [-0.05, 0) is 43.0 Å². The van der Waals surface area contributed by atoms with E-state index in [-0.39, 0.29) is 4.90 Å². The van der Waals surface area contributed by atoms with Gasteiger partial charge >= 0.3 is 0 Å². The number of anilines is 2. The Morgan fingerprint density at radius 1 is 1.08 bits per heavy atom. The molecule has 2 aromatic rings. The van der Waals surface area contributed by atoms with Gasteiger partial charge in [0.25, 0.3) is 0 Å². The monoisotopic (exact) mass is 377 g/mol. The van der Waals surface area contributed by atoms with Crippen LogP contribution in [0.4, 0.5) is 11.8 Å². The van der Waals surface area contributed by atoms with E-state index < -0.39 is 10.0 Å². The second-order valence-electron chi connectivity index (χ2n) is 6.09. The minimum Gasteiger partial charge on any atom is -0.370 e. The summed E-state index contributed by atoms with van der Waals surface area (Å²) in [7, 11) is -3.64. The van der Waals surface area contributed by atoms with Crippen LogP contribution in [0.25, 0.3) is 0 Å². The molecule has 142 valence electrons. The highest BCUT2D eigenvalue weighted by molar-refractivity contribution is 7.89. The molecule has 0 saturated carbocycles. The Kier molecular flexibility index (Phi) is 7.35. The smallest absolute Gasteiger partial charge is 0.238 e. The molecule has 2 rings (SSSR count). The third kappa shape index (κ3) is 5.96. The maximum absolute atomic E-state index is 11.3. The largest absolute Gasteiger partial charge is 0.370 e. The van der Waals surface area contributed by atoms with Crippen LogP contribution in [-0.4, -0.2) is 38.0 Å². The third-order valence-corrected chi connectivity index (χ3v) is 4.81. The second-order valence-corrected chi connectivity index (χ2v) is 7.66. The van der Waals surface area contributed by atoms with E-state index in [1.807, 2.05) is 6.07 Å². The molecule has 1 aromatic heterocycles. The van der Waals surface area contributed by atoms with Crippen LogP contribution in [0.15, 0.2) is 41.4 Å². The van der Waals surface area contributed by atoms with Gasteiger partial charge in [0.15, 0.2) is 0 Å². The Morgan fingerprint density at radius 3 is 2.31 bits per heavy atom. The van der Waals surface area contributed by atoms with Crippen molar-refractivity contribution in [1.82, 2.24) is 9.97 Å². The van der Waals surface area contributed by atoms with Crippen LogP contribution < -0.4 is 15.4 Å². The summed E-state index contributed by atoms with van der Waals surface area (Å²) in [5.41, 5.74) is 1.03. The van der Waals surface area contributed by atoms with Gasteiger partial charge in [-0.2, -0.15) is 4.98 Å². The van der Waals surface area contributed by atoms with E-state index in [1.54, 1.807) is 18.3 Å². The first-order valence-electron chi connectivity index (χ1n) is 8.87. The second kappa shape index (κ2) is 9.49. The fourth-order valence-corrected chi connectivity index (χ4v) is 3.15. The standard InChI is InChI=1S/C18H27N5O2S/c1-3-13-23(14-4-2)18-21-12-10-17(22-18)20-11-9-15-5-7-16(8-6-15)26(19,24)25/h5-8,10,12H,3-4,9,11,13-14H2,1-2H3,(H2,19,24,25)(H,20,21,22). The minimum atomic E-state index is -3.64. The minimum absolute atomic E-state index is 0.126. The number of sulfonamides is 1. The molecule has 8 heteroatoms. The molecular formula is C18H27N5O2S. The number of nitrogens with one attached hydrogen (secondary N) is 1. The van der Waals surface area contributed by atoms with Gasteiger partial charge in [-0.15, -0.1) is 0 Å². The predicted molar refractivity (Wildman–Crippen MR) is 105 cm³/mol. The fourth-order valence-electron chi connectivity index (χ4n) is 2.63. The maximum atomic E-state index is 11.3. The van der Waals surface area contributed by atoms with Crippen LogP contribution in [-0.2, 0) is 16.4 Å². The molecule has 7 nitrogen and oxygen atoms in total. The summed E-state index contributed by atoms with van der Waals surface area (Å²) >= 11 is 0. The average Bonchev–Trinajstić information content (AvgIpc) is 2.61. The van der Waals surface area contributed by atoms with Crippen molar-refractivity contribution >= 4 is 21.8 Å². The van der Waals surface area contributed by atoms with Crippen molar-refractivity contribution in [3.63, 3.8) is 0 Å². The summed E-state index contributed by atoms with van der Waals surface area (Å²) in [6, 6.07) is 8.46. The van der Waals surface area contributed by atoms with Gasteiger partial charge in [-0.1, -0.05) is 26.0 Å². The molecule has 3 N–H and O–H groups in total. The quantitative estimate of drug-likeness (QED) is 0.659. The number of benzene rings is 1. The zero-order valence-electron chi connectivity index (χ0n) is 15.4. The summed E-state index contributed by atoms with van der Waals surface area (Å²) in [4.78, 5) is 11.3. The lowest BCUT2D eigenvalue weighted by molar-refractivity contribution is 0.598. The molecule has 26 heavy (non-hydrogen) atoms. The van der Waals surface area contributed by atoms with Gasteiger partial charge in [0, 0.05) is 25.8 Å². The highest BCUT2D eigenvalue weighted by Gasteiger charge is 2.09. The predicted octanol–water partition coefficient (Wildman–Crippen LogP) is 2.41. The Bertz CT molecular complexity index is 787. The van der Waals surface area contributed by atoms with Crippen molar-refractivity contribution in [3.05, 3.63) is 42.1 Å². The van der Waals surface area contributed by atoms with Gasteiger partial charge in [0.05, 0.1) is 4.90 Å². The first-order valence-corrected chi connectivity index (χ1v) is 10.4. The van der Waals surface area contributed by atoms with E-state index >= 15 is 0 Å². The van der Waals surface area contributed by atoms with Gasteiger partial charge < -0.3 is 10.2 Å². The molecule has 0 radical (unpaired) electrons. The maximum Gasteiger partial charge on any atom is 0.238 e. The number of nitrogens with zero attached hydrogens (tertiary/aromatic N) is 3. The molecule has 1 aromatic carbocycles. The molecular weight excluding hydrogens is 350 g/mol. The molecule has 0 fully saturated rings. The number of primary sulfonamides is 1. The van der Waals surface area contributed by atoms with Gasteiger partial charge in [0.1, 0.15) is 5.82 Å². The Morgan fingerprint density at radius 2 is 1.73 bits per heavy atom. The van der Waals surface area contributed by atoms with Crippen molar-refractivity contribution in [2.75, 3.05) is 29.9 Å². The van der Waals surface area contributed by atoms with Crippen LogP contribution in [0, 0.1) is 0 Å². The SMILES string of the molecule is CCCN(CCC)c1nccc(NCCc2ccc(S(N)(=O)=O)cc2)n1. The van der Waals surface area contributed by atoms with Crippen LogP contribution in [0.1, 0.15) is 32.3 Å². The lowest BCUT2D eigenvalue weighted by Gasteiger charge is -2.21. The molecule has 0 saturated heterocycles. The van der Waals surface area contributed by atoms with Crippen LogP contribution in [0.3, 0.4) is 0 Å². The molecule has 0 amide bonds. The van der Waals surface area contributed by atoms with Gasteiger partial charge in [-0.25, -0.2) is 18.5 Å². The van der Waals surface area contributed by atoms with E-state index in [9.17, 15) is 8.42 Å². The summed E-state index contributed by atoms with van der Waals surface area (Å²) in [5, 5.41) is 8.40. The van der Waals surface area contributed by atoms with E-state index in [4.69, 9.17) is 5.14 Å². The lowest BCUT2D eigenvalue weighted by atomic mass is 10.1. The summed E-state index contributed by atoms with van der Waals surface area (Å²) < 4.78 is 22.5. The first kappa shape index (κ1) is 20.1. The van der Waals surface area contributed by atoms with E-state index in [0.717, 1.165) is 49.7 Å². The van der Waals surface area contributed by atoms with Crippen molar-refractivity contribution in [2.45, 2.75) is 38.0 Å². The van der Waals surface area contributed by atoms with Crippen molar-refractivity contribution in [1.29, 1.82) is 0 Å². The lowest BCUT2D eigenvalue weighted by Crippen LogP contribution is -2.27. The number of hydrogen-bond donors (Lipinski definition) is 2.